The second-order valence-corrected chi connectivity index (χ2v) is 4.22. The monoisotopic (exact) mass is 248 g/mol. The summed E-state index contributed by atoms with van der Waals surface area (Å²) in [7, 11) is 0. The van der Waals surface area contributed by atoms with Crippen LogP contribution in [0.3, 0.4) is 0 Å². The normalized spacial score (nSPS) is 18.1. The molecule has 96 valence electrons. The van der Waals surface area contributed by atoms with Gasteiger partial charge in [0.25, 0.3) is 0 Å². The van der Waals surface area contributed by atoms with Crippen LogP contribution in [-0.4, -0.2) is 29.5 Å². The first kappa shape index (κ1) is 12.4. The maximum atomic E-state index is 11.8. The highest BCUT2D eigenvalue weighted by molar-refractivity contribution is 5.85. The van der Waals surface area contributed by atoms with Crippen molar-refractivity contribution in [1.29, 1.82) is 0 Å². The Bertz CT molecular complexity index is 473. The molecule has 18 heavy (non-hydrogen) atoms. The Hall–Kier alpha value is -2.04. The molecule has 1 aromatic rings. The van der Waals surface area contributed by atoms with Crippen molar-refractivity contribution < 1.29 is 14.3 Å². The zero-order chi connectivity index (χ0) is 13.1. The van der Waals surface area contributed by atoms with Crippen LogP contribution in [0.4, 0.5) is 4.79 Å². The molecule has 5 nitrogen and oxygen atoms in total. The maximum Gasteiger partial charge on any atom is 0.410 e. The predicted octanol–water partition coefficient (Wildman–Crippen LogP) is 1.06. The molecule has 2 amide bonds. The lowest BCUT2D eigenvalue weighted by Gasteiger charge is -2.34. The summed E-state index contributed by atoms with van der Waals surface area (Å²) < 4.78 is 4.96. The van der Waals surface area contributed by atoms with E-state index in [1.54, 1.807) is 6.92 Å². The van der Waals surface area contributed by atoms with Crippen LogP contribution in [0.5, 0.6) is 0 Å². The second-order valence-electron chi connectivity index (χ2n) is 4.22. The van der Waals surface area contributed by atoms with E-state index in [9.17, 15) is 9.59 Å². The molecule has 1 aliphatic rings. The van der Waals surface area contributed by atoms with Gasteiger partial charge in [0.15, 0.2) is 0 Å². The Morgan fingerprint density at radius 3 is 2.67 bits per heavy atom. The number of hydrogen-bond acceptors (Lipinski definition) is 3. The average molecular weight is 248 g/mol. The molecule has 0 spiro atoms. The Morgan fingerprint density at radius 2 is 2.06 bits per heavy atom. The van der Waals surface area contributed by atoms with Crippen LogP contribution in [0.15, 0.2) is 24.3 Å². The van der Waals surface area contributed by atoms with Crippen molar-refractivity contribution in [3.8, 4) is 0 Å². The highest BCUT2D eigenvalue weighted by Gasteiger charge is 2.33. The third kappa shape index (κ3) is 2.30. The third-order valence-corrected chi connectivity index (χ3v) is 3.08. The van der Waals surface area contributed by atoms with Gasteiger partial charge in [-0.2, -0.15) is 0 Å². The van der Waals surface area contributed by atoms with Gasteiger partial charge in [-0.1, -0.05) is 24.3 Å². The van der Waals surface area contributed by atoms with Crippen molar-refractivity contribution in [1.82, 2.24) is 4.90 Å². The minimum atomic E-state index is -0.626. The van der Waals surface area contributed by atoms with E-state index in [1.165, 1.54) is 4.90 Å². The summed E-state index contributed by atoms with van der Waals surface area (Å²) in [5.74, 6) is -0.502. The SMILES string of the molecule is CCOC(=O)N1Cc2ccccc2C[C@H]1C(N)=O. The van der Waals surface area contributed by atoms with Crippen molar-refractivity contribution in [2.24, 2.45) is 5.73 Å². The molecule has 0 bridgehead atoms. The topological polar surface area (TPSA) is 72.6 Å². The Labute approximate surface area is 106 Å². The highest BCUT2D eigenvalue weighted by atomic mass is 16.6. The molecule has 1 atom stereocenters. The Morgan fingerprint density at radius 1 is 1.39 bits per heavy atom. The van der Waals surface area contributed by atoms with Crippen molar-refractivity contribution >= 4 is 12.0 Å². The van der Waals surface area contributed by atoms with Crippen LogP contribution in [0.25, 0.3) is 0 Å². The van der Waals surface area contributed by atoms with Crippen LogP contribution in [0.1, 0.15) is 18.1 Å². The predicted molar refractivity (Wildman–Crippen MR) is 65.7 cm³/mol. The lowest BCUT2D eigenvalue weighted by atomic mass is 9.94. The number of nitrogens with two attached hydrogens (primary N) is 1. The fourth-order valence-corrected chi connectivity index (χ4v) is 2.18. The van der Waals surface area contributed by atoms with Gasteiger partial charge in [-0.15, -0.1) is 0 Å². The molecule has 0 saturated heterocycles. The summed E-state index contributed by atoms with van der Waals surface area (Å²) in [6.07, 6.45) is -0.0413. The highest BCUT2D eigenvalue weighted by Crippen LogP contribution is 2.23. The number of fused-ring (bicyclic) bond motifs is 1. The van der Waals surface area contributed by atoms with E-state index in [1.807, 2.05) is 24.3 Å². The summed E-state index contributed by atoms with van der Waals surface area (Å²) in [6, 6.07) is 7.09. The van der Waals surface area contributed by atoms with Gasteiger partial charge < -0.3 is 10.5 Å². The fraction of sp³-hybridized carbons (Fsp3) is 0.385. The number of hydrogen-bond donors (Lipinski definition) is 1. The molecular weight excluding hydrogens is 232 g/mol. The number of benzene rings is 1. The van der Waals surface area contributed by atoms with Gasteiger partial charge in [-0.05, 0) is 18.1 Å². The third-order valence-electron chi connectivity index (χ3n) is 3.08. The smallest absolute Gasteiger partial charge is 0.410 e. The van der Waals surface area contributed by atoms with E-state index in [-0.39, 0.29) is 6.61 Å². The molecule has 2 rings (SSSR count). The first-order valence-corrected chi connectivity index (χ1v) is 5.93. The van der Waals surface area contributed by atoms with E-state index in [0.29, 0.717) is 13.0 Å². The molecule has 0 aliphatic carbocycles. The Balaban J connectivity index is 2.28. The molecular formula is C13H16N2O3. The van der Waals surface area contributed by atoms with E-state index in [0.717, 1.165) is 11.1 Å². The van der Waals surface area contributed by atoms with Crippen molar-refractivity contribution in [3.05, 3.63) is 35.4 Å². The number of amides is 2. The quantitative estimate of drug-likeness (QED) is 0.850. The molecule has 0 saturated carbocycles. The second kappa shape index (κ2) is 5.08. The van der Waals surface area contributed by atoms with Crippen LogP contribution in [-0.2, 0) is 22.5 Å². The summed E-state index contributed by atoms with van der Waals surface area (Å²) in [5.41, 5.74) is 7.45. The standard InChI is InChI=1S/C13H16N2O3/c1-2-18-13(17)15-8-10-6-4-3-5-9(10)7-11(15)12(14)16/h3-6,11H,2,7-8H2,1H3,(H2,14,16)/t11-/m0/s1. The van der Waals surface area contributed by atoms with Gasteiger partial charge in [-0.3, -0.25) is 9.69 Å². The first-order chi connectivity index (χ1) is 8.63. The maximum absolute atomic E-state index is 11.8. The van der Waals surface area contributed by atoms with E-state index in [2.05, 4.69) is 0 Å². The van der Waals surface area contributed by atoms with Gasteiger partial charge >= 0.3 is 6.09 Å². The van der Waals surface area contributed by atoms with Gasteiger partial charge in [0.1, 0.15) is 6.04 Å². The number of rotatable bonds is 2. The molecule has 1 aliphatic heterocycles. The van der Waals surface area contributed by atoms with Gasteiger partial charge in [-0.25, -0.2) is 4.79 Å². The van der Waals surface area contributed by atoms with Gasteiger partial charge in [0.05, 0.1) is 13.2 Å². The summed E-state index contributed by atoms with van der Waals surface area (Å²) >= 11 is 0. The molecule has 5 heteroatoms. The Kier molecular flexibility index (Phi) is 3.50. The van der Waals surface area contributed by atoms with Crippen molar-refractivity contribution in [2.45, 2.75) is 25.9 Å². The van der Waals surface area contributed by atoms with Gasteiger partial charge in [0, 0.05) is 6.42 Å². The lowest BCUT2D eigenvalue weighted by Crippen LogP contribution is -2.51. The summed E-state index contributed by atoms with van der Waals surface area (Å²) in [5, 5.41) is 0. The van der Waals surface area contributed by atoms with Gasteiger partial charge in [0.2, 0.25) is 5.91 Å². The number of carbonyl (C=O) groups is 2. The van der Waals surface area contributed by atoms with E-state index >= 15 is 0 Å². The van der Waals surface area contributed by atoms with E-state index in [4.69, 9.17) is 10.5 Å². The number of ether oxygens (including phenoxy) is 1. The average Bonchev–Trinajstić information content (AvgIpc) is 2.37. The zero-order valence-corrected chi connectivity index (χ0v) is 10.3. The number of nitrogens with zero attached hydrogens (tertiary/aromatic N) is 1. The van der Waals surface area contributed by atoms with Crippen LogP contribution in [0.2, 0.25) is 0 Å². The van der Waals surface area contributed by atoms with Crippen LogP contribution >= 0.6 is 0 Å². The molecule has 0 unspecified atom stereocenters. The largest absolute Gasteiger partial charge is 0.450 e. The molecule has 0 radical (unpaired) electrons. The number of carbonyl (C=O) groups excluding carboxylic acids is 2. The minimum Gasteiger partial charge on any atom is -0.450 e. The molecule has 0 aromatic heterocycles. The summed E-state index contributed by atoms with van der Waals surface area (Å²) in [4.78, 5) is 24.7. The van der Waals surface area contributed by atoms with Crippen LogP contribution in [0, 0.1) is 0 Å². The zero-order valence-electron chi connectivity index (χ0n) is 10.3. The molecule has 2 N–H and O–H groups in total. The number of primary amides is 1. The molecule has 0 fully saturated rings. The minimum absolute atomic E-state index is 0.280. The van der Waals surface area contributed by atoms with Crippen molar-refractivity contribution in [3.63, 3.8) is 0 Å². The first-order valence-electron chi connectivity index (χ1n) is 5.93. The van der Waals surface area contributed by atoms with Crippen molar-refractivity contribution in [2.75, 3.05) is 6.61 Å². The molecule has 1 aromatic carbocycles. The van der Waals surface area contributed by atoms with E-state index < -0.39 is 18.0 Å². The molecule has 1 heterocycles. The van der Waals surface area contributed by atoms with Crippen LogP contribution < -0.4 is 5.73 Å². The summed E-state index contributed by atoms with van der Waals surface area (Å²) in [6.45, 7) is 2.38. The fourth-order valence-electron chi connectivity index (χ4n) is 2.18. The lowest BCUT2D eigenvalue weighted by molar-refractivity contribution is -0.123.